The predicted molar refractivity (Wildman–Crippen MR) is 126 cm³/mol. The highest BCUT2D eigenvalue weighted by Crippen LogP contribution is 2.21. The highest BCUT2D eigenvalue weighted by atomic mass is 32.2. The van der Waals surface area contributed by atoms with Crippen molar-refractivity contribution in [2.24, 2.45) is 0 Å². The van der Waals surface area contributed by atoms with Crippen LogP contribution in [-0.2, 0) is 6.42 Å². The van der Waals surface area contributed by atoms with Crippen LogP contribution >= 0.6 is 11.9 Å². The number of aromatic nitrogens is 1. The third kappa shape index (κ3) is 9.31. The lowest BCUT2D eigenvalue weighted by molar-refractivity contribution is 0.106. The van der Waals surface area contributed by atoms with Gasteiger partial charge in [0.2, 0.25) is 0 Å². The van der Waals surface area contributed by atoms with Crippen LogP contribution in [0.1, 0.15) is 19.4 Å². The van der Waals surface area contributed by atoms with Gasteiger partial charge in [0.05, 0.1) is 6.20 Å². The summed E-state index contributed by atoms with van der Waals surface area (Å²) in [7, 11) is 0. The van der Waals surface area contributed by atoms with Crippen LogP contribution in [0.4, 0.5) is 5.69 Å². The molecule has 1 unspecified atom stereocenters. The lowest BCUT2D eigenvalue weighted by Gasteiger charge is -2.13. The van der Waals surface area contributed by atoms with E-state index in [1.54, 1.807) is 30.4 Å². The second kappa shape index (κ2) is 14.4. The number of aliphatic hydroxyl groups is 1. The molecule has 3 N–H and O–H groups in total. The van der Waals surface area contributed by atoms with Gasteiger partial charge in [-0.1, -0.05) is 44.2 Å². The molecule has 160 valence electrons. The minimum Gasteiger partial charge on any atom is -0.489 e. The zero-order valence-corrected chi connectivity index (χ0v) is 18.4. The van der Waals surface area contributed by atoms with Crippen LogP contribution in [0.2, 0.25) is 0 Å². The maximum absolute atomic E-state index is 9.98. The number of benzene rings is 2. The first kappa shape index (κ1) is 23.7. The van der Waals surface area contributed by atoms with Gasteiger partial charge in [-0.2, -0.15) is 0 Å². The third-order valence-corrected chi connectivity index (χ3v) is 4.88. The van der Waals surface area contributed by atoms with Crippen molar-refractivity contribution >= 4 is 17.6 Å². The van der Waals surface area contributed by atoms with E-state index in [2.05, 4.69) is 51.4 Å². The number of nitrogens with one attached hydrogen (secondary N) is 2. The van der Waals surface area contributed by atoms with Crippen LogP contribution < -0.4 is 14.8 Å². The van der Waals surface area contributed by atoms with E-state index in [0.717, 1.165) is 18.7 Å². The minimum absolute atomic E-state index is 0.248. The summed E-state index contributed by atoms with van der Waals surface area (Å²) in [5.41, 5.74) is 2.33. The number of anilines is 1. The standard InChI is InChI=1S/C22H25N3O2S.C2H6/c26-20(17-27-21-5-4-13-23-16-21)15-24-14-12-18-8-10-19(11-9-18)25-28-22-6-2-1-3-7-22;1-2/h1-11,13,16,20,24-26H,12,14-15,17H2;1-2H3. The average Bonchev–Trinajstić information content (AvgIpc) is 2.82. The van der Waals surface area contributed by atoms with Crippen molar-refractivity contribution in [3.63, 3.8) is 0 Å². The summed E-state index contributed by atoms with van der Waals surface area (Å²) >= 11 is 1.60. The quantitative estimate of drug-likeness (QED) is 0.303. The Morgan fingerprint density at radius 1 is 1.00 bits per heavy atom. The zero-order valence-electron chi connectivity index (χ0n) is 17.6. The molecule has 0 aliphatic heterocycles. The van der Waals surface area contributed by atoms with E-state index in [1.807, 2.05) is 38.1 Å². The van der Waals surface area contributed by atoms with E-state index in [0.29, 0.717) is 12.3 Å². The first-order valence-corrected chi connectivity index (χ1v) is 11.1. The Labute approximate surface area is 184 Å². The Hall–Kier alpha value is -2.54. The third-order valence-electron chi connectivity index (χ3n) is 4.03. The van der Waals surface area contributed by atoms with Crippen LogP contribution in [0.3, 0.4) is 0 Å². The molecule has 0 fully saturated rings. The van der Waals surface area contributed by atoms with Crippen molar-refractivity contribution < 1.29 is 9.84 Å². The zero-order chi connectivity index (χ0) is 21.4. The molecule has 5 nitrogen and oxygen atoms in total. The lowest BCUT2D eigenvalue weighted by Crippen LogP contribution is -2.32. The Bertz CT molecular complexity index is 802. The van der Waals surface area contributed by atoms with E-state index < -0.39 is 6.10 Å². The molecule has 6 heteroatoms. The van der Waals surface area contributed by atoms with Crippen LogP contribution in [-0.4, -0.2) is 35.9 Å². The molecule has 0 aliphatic rings. The number of rotatable bonds is 11. The maximum atomic E-state index is 9.98. The van der Waals surface area contributed by atoms with Crippen LogP contribution in [0.5, 0.6) is 5.75 Å². The largest absolute Gasteiger partial charge is 0.489 e. The Morgan fingerprint density at radius 2 is 1.77 bits per heavy atom. The average molecular weight is 426 g/mol. The van der Waals surface area contributed by atoms with E-state index >= 15 is 0 Å². The number of nitrogens with zero attached hydrogens (tertiary/aromatic N) is 1. The van der Waals surface area contributed by atoms with Gasteiger partial charge in [0, 0.05) is 23.3 Å². The van der Waals surface area contributed by atoms with Crippen molar-refractivity contribution in [3.8, 4) is 5.75 Å². The van der Waals surface area contributed by atoms with Gasteiger partial charge in [-0.15, -0.1) is 0 Å². The number of ether oxygens (including phenoxy) is 1. The molecule has 3 aromatic rings. The summed E-state index contributed by atoms with van der Waals surface area (Å²) in [6.45, 7) is 5.54. The van der Waals surface area contributed by atoms with E-state index in [9.17, 15) is 5.11 Å². The number of hydrogen-bond acceptors (Lipinski definition) is 6. The number of aliphatic hydroxyl groups excluding tert-OH is 1. The molecular weight excluding hydrogens is 394 g/mol. The molecule has 0 radical (unpaired) electrons. The summed E-state index contributed by atoms with van der Waals surface area (Å²) in [5.74, 6) is 0.667. The Kier molecular flexibility index (Phi) is 11.4. The van der Waals surface area contributed by atoms with Gasteiger partial charge in [0.25, 0.3) is 0 Å². The van der Waals surface area contributed by atoms with Crippen molar-refractivity contribution in [2.45, 2.75) is 31.3 Å². The second-order valence-corrected chi connectivity index (χ2v) is 7.20. The highest BCUT2D eigenvalue weighted by Gasteiger charge is 2.05. The normalized spacial score (nSPS) is 11.2. The highest BCUT2D eigenvalue weighted by molar-refractivity contribution is 8.00. The molecule has 30 heavy (non-hydrogen) atoms. The molecular formula is C24H31N3O2S. The summed E-state index contributed by atoms with van der Waals surface area (Å²) in [4.78, 5) is 5.16. The number of hydrogen-bond donors (Lipinski definition) is 3. The van der Waals surface area contributed by atoms with E-state index in [1.165, 1.54) is 10.5 Å². The van der Waals surface area contributed by atoms with Gasteiger partial charge >= 0.3 is 0 Å². The predicted octanol–water partition coefficient (Wildman–Crippen LogP) is 4.80. The van der Waals surface area contributed by atoms with Crippen LogP contribution in [0, 0.1) is 0 Å². The molecule has 1 heterocycles. The molecule has 1 aromatic heterocycles. The van der Waals surface area contributed by atoms with E-state index in [4.69, 9.17) is 4.74 Å². The fraction of sp³-hybridized carbons (Fsp3) is 0.292. The summed E-state index contributed by atoms with van der Waals surface area (Å²) < 4.78 is 8.84. The van der Waals surface area contributed by atoms with Gasteiger partial charge in [-0.05, 0) is 66.9 Å². The lowest BCUT2D eigenvalue weighted by atomic mass is 10.1. The van der Waals surface area contributed by atoms with Crippen molar-refractivity contribution in [3.05, 3.63) is 84.7 Å². The minimum atomic E-state index is -0.554. The topological polar surface area (TPSA) is 66.4 Å². The van der Waals surface area contributed by atoms with E-state index in [-0.39, 0.29) is 6.61 Å². The molecule has 0 aliphatic carbocycles. The molecule has 0 amide bonds. The summed E-state index contributed by atoms with van der Waals surface area (Å²) in [5, 5.41) is 13.2. The molecule has 2 aromatic carbocycles. The Balaban J connectivity index is 0.00000155. The fourth-order valence-corrected chi connectivity index (χ4v) is 3.20. The molecule has 0 spiro atoms. The fourth-order valence-electron chi connectivity index (χ4n) is 2.53. The summed E-state index contributed by atoms with van der Waals surface area (Å²) in [6, 6.07) is 22.3. The van der Waals surface area contributed by atoms with Gasteiger partial charge in [-0.25, -0.2) is 0 Å². The van der Waals surface area contributed by atoms with Gasteiger partial charge in [-0.3, -0.25) is 4.98 Å². The van der Waals surface area contributed by atoms with Crippen molar-refractivity contribution in [2.75, 3.05) is 24.4 Å². The van der Waals surface area contributed by atoms with Crippen molar-refractivity contribution in [1.82, 2.24) is 10.3 Å². The molecule has 0 bridgehead atoms. The van der Waals surface area contributed by atoms with Gasteiger partial charge in [0.15, 0.2) is 0 Å². The van der Waals surface area contributed by atoms with Crippen LogP contribution in [0.25, 0.3) is 0 Å². The van der Waals surface area contributed by atoms with Gasteiger partial charge in [0.1, 0.15) is 18.5 Å². The molecule has 0 saturated carbocycles. The van der Waals surface area contributed by atoms with Gasteiger partial charge < -0.3 is 19.9 Å². The SMILES string of the molecule is CC.OC(CNCCc1ccc(NSc2ccccc2)cc1)COc1cccnc1. The first-order chi connectivity index (χ1) is 14.8. The molecule has 3 rings (SSSR count). The second-order valence-electron chi connectivity index (χ2n) is 6.32. The molecule has 0 saturated heterocycles. The monoisotopic (exact) mass is 425 g/mol. The first-order valence-electron chi connectivity index (χ1n) is 10.3. The maximum Gasteiger partial charge on any atom is 0.137 e. The molecule has 1 atom stereocenters. The summed E-state index contributed by atoms with van der Waals surface area (Å²) in [6.07, 6.45) is 3.68. The smallest absolute Gasteiger partial charge is 0.137 e. The Morgan fingerprint density at radius 3 is 2.47 bits per heavy atom. The van der Waals surface area contributed by atoms with Crippen LogP contribution in [0.15, 0.2) is 84.0 Å². The number of pyridine rings is 1. The van der Waals surface area contributed by atoms with Crippen molar-refractivity contribution in [1.29, 1.82) is 0 Å².